The molecule has 0 aliphatic carbocycles. The maximum atomic E-state index is 12.1. The van der Waals surface area contributed by atoms with Gasteiger partial charge in [-0.2, -0.15) is 0 Å². The maximum Gasteiger partial charge on any atom is 0.313 e. The van der Waals surface area contributed by atoms with Crippen molar-refractivity contribution in [1.29, 1.82) is 0 Å². The Morgan fingerprint density at radius 2 is 1.76 bits per heavy atom. The summed E-state index contributed by atoms with van der Waals surface area (Å²) in [5, 5.41) is 5.38. The van der Waals surface area contributed by atoms with Gasteiger partial charge in [0.15, 0.2) is 0 Å². The highest BCUT2D eigenvalue weighted by atomic mass is 16.5. The van der Waals surface area contributed by atoms with Gasteiger partial charge in [-0.1, -0.05) is 37.3 Å². The molecule has 0 aliphatic heterocycles. The second kappa shape index (κ2) is 8.87. The summed E-state index contributed by atoms with van der Waals surface area (Å²) in [5.41, 5.74) is 3.74. The van der Waals surface area contributed by atoms with Crippen molar-refractivity contribution in [3.63, 3.8) is 0 Å². The van der Waals surface area contributed by atoms with Crippen molar-refractivity contribution in [3.8, 4) is 5.75 Å². The van der Waals surface area contributed by atoms with Crippen molar-refractivity contribution >= 4 is 17.5 Å². The number of anilines is 1. The van der Waals surface area contributed by atoms with E-state index in [2.05, 4.69) is 10.6 Å². The SMILES string of the molecule is CCc1cccc(C)c1NC(=O)C(=O)NCCc1ccc(OC)cc1. The first-order valence-corrected chi connectivity index (χ1v) is 8.35. The molecule has 0 saturated carbocycles. The van der Waals surface area contributed by atoms with E-state index >= 15 is 0 Å². The molecule has 0 aromatic heterocycles. The molecule has 0 atom stereocenters. The third kappa shape index (κ3) is 5.08. The van der Waals surface area contributed by atoms with Crippen LogP contribution in [0.5, 0.6) is 5.75 Å². The summed E-state index contributed by atoms with van der Waals surface area (Å²) in [6.07, 6.45) is 1.43. The normalized spacial score (nSPS) is 10.2. The molecule has 2 rings (SSSR count). The molecule has 0 fully saturated rings. The second-order valence-electron chi connectivity index (χ2n) is 5.77. The van der Waals surface area contributed by atoms with Crippen LogP contribution in [0.25, 0.3) is 0 Å². The first-order chi connectivity index (χ1) is 12.0. The Hall–Kier alpha value is -2.82. The summed E-state index contributed by atoms with van der Waals surface area (Å²) in [5.74, 6) is -0.477. The number of aryl methyl sites for hydroxylation is 2. The van der Waals surface area contributed by atoms with Crippen LogP contribution in [0.4, 0.5) is 5.69 Å². The molecule has 5 heteroatoms. The van der Waals surface area contributed by atoms with Crippen molar-refractivity contribution in [3.05, 3.63) is 59.2 Å². The molecule has 25 heavy (non-hydrogen) atoms. The summed E-state index contributed by atoms with van der Waals surface area (Å²) in [6, 6.07) is 13.4. The van der Waals surface area contributed by atoms with E-state index in [4.69, 9.17) is 4.74 Å². The van der Waals surface area contributed by atoms with Crippen molar-refractivity contribution in [2.45, 2.75) is 26.7 Å². The Bertz CT molecular complexity index is 739. The van der Waals surface area contributed by atoms with Gasteiger partial charge >= 0.3 is 11.8 Å². The van der Waals surface area contributed by atoms with Crippen LogP contribution in [0.1, 0.15) is 23.6 Å². The van der Waals surface area contributed by atoms with Crippen LogP contribution in [0.15, 0.2) is 42.5 Å². The summed E-state index contributed by atoms with van der Waals surface area (Å²) in [6.45, 7) is 4.32. The van der Waals surface area contributed by atoms with Crippen molar-refractivity contribution in [2.24, 2.45) is 0 Å². The summed E-state index contributed by atoms with van der Waals surface area (Å²) in [7, 11) is 1.62. The average molecular weight is 340 g/mol. The third-order valence-electron chi connectivity index (χ3n) is 4.04. The van der Waals surface area contributed by atoms with Gasteiger partial charge in [-0.25, -0.2) is 0 Å². The van der Waals surface area contributed by atoms with Gasteiger partial charge < -0.3 is 15.4 Å². The largest absolute Gasteiger partial charge is 0.497 e. The molecule has 0 unspecified atom stereocenters. The van der Waals surface area contributed by atoms with E-state index in [0.717, 1.165) is 34.5 Å². The lowest BCUT2D eigenvalue weighted by Gasteiger charge is -2.13. The van der Waals surface area contributed by atoms with Crippen molar-refractivity contribution in [2.75, 3.05) is 19.0 Å². The number of para-hydroxylation sites is 1. The van der Waals surface area contributed by atoms with E-state index in [0.29, 0.717) is 13.0 Å². The number of amides is 2. The van der Waals surface area contributed by atoms with Gasteiger partial charge in [-0.15, -0.1) is 0 Å². The monoisotopic (exact) mass is 340 g/mol. The lowest BCUT2D eigenvalue weighted by molar-refractivity contribution is -0.136. The number of methoxy groups -OCH3 is 1. The number of ether oxygens (including phenoxy) is 1. The van der Waals surface area contributed by atoms with E-state index in [1.165, 1.54) is 0 Å². The number of hydrogen-bond donors (Lipinski definition) is 2. The fraction of sp³-hybridized carbons (Fsp3) is 0.300. The average Bonchev–Trinajstić information content (AvgIpc) is 2.63. The van der Waals surface area contributed by atoms with Gasteiger partial charge in [0.1, 0.15) is 5.75 Å². The molecular formula is C20H24N2O3. The van der Waals surface area contributed by atoms with Gasteiger partial charge in [0.25, 0.3) is 0 Å². The fourth-order valence-electron chi connectivity index (χ4n) is 2.57. The van der Waals surface area contributed by atoms with E-state index in [1.54, 1.807) is 7.11 Å². The molecular weight excluding hydrogens is 316 g/mol. The molecule has 2 aromatic rings. The molecule has 0 spiro atoms. The number of rotatable bonds is 6. The molecule has 5 nitrogen and oxygen atoms in total. The highest BCUT2D eigenvalue weighted by molar-refractivity contribution is 6.39. The summed E-state index contributed by atoms with van der Waals surface area (Å²) < 4.78 is 5.11. The van der Waals surface area contributed by atoms with E-state index in [1.807, 2.05) is 56.3 Å². The van der Waals surface area contributed by atoms with Gasteiger partial charge in [-0.05, 0) is 48.6 Å². The smallest absolute Gasteiger partial charge is 0.313 e. The highest BCUT2D eigenvalue weighted by Gasteiger charge is 2.15. The predicted molar refractivity (Wildman–Crippen MR) is 98.9 cm³/mol. The van der Waals surface area contributed by atoms with Crippen LogP contribution in [0, 0.1) is 6.92 Å². The van der Waals surface area contributed by atoms with E-state index in [-0.39, 0.29) is 0 Å². The molecule has 2 N–H and O–H groups in total. The van der Waals surface area contributed by atoms with Crippen LogP contribution in [0.3, 0.4) is 0 Å². The Labute approximate surface area is 148 Å². The van der Waals surface area contributed by atoms with Crippen LogP contribution in [-0.4, -0.2) is 25.5 Å². The lowest BCUT2D eigenvalue weighted by Crippen LogP contribution is -2.36. The maximum absolute atomic E-state index is 12.1. The zero-order valence-electron chi connectivity index (χ0n) is 14.9. The predicted octanol–water partition coefficient (Wildman–Crippen LogP) is 2.86. The number of benzene rings is 2. The third-order valence-corrected chi connectivity index (χ3v) is 4.04. The van der Waals surface area contributed by atoms with Gasteiger partial charge in [-0.3, -0.25) is 9.59 Å². The second-order valence-corrected chi connectivity index (χ2v) is 5.77. The zero-order chi connectivity index (χ0) is 18.2. The Morgan fingerprint density at radius 3 is 2.40 bits per heavy atom. The molecule has 2 amide bonds. The number of hydrogen-bond acceptors (Lipinski definition) is 3. The lowest BCUT2D eigenvalue weighted by atomic mass is 10.1. The van der Waals surface area contributed by atoms with Crippen molar-refractivity contribution < 1.29 is 14.3 Å². The Kier molecular flexibility index (Phi) is 6.57. The molecule has 132 valence electrons. The summed E-state index contributed by atoms with van der Waals surface area (Å²) >= 11 is 0. The number of carbonyl (C=O) groups excluding carboxylic acids is 2. The molecule has 2 aromatic carbocycles. The van der Waals surface area contributed by atoms with Gasteiger partial charge in [0.2, 0.25) is 0 Å². The molecule has 0 aliphatic rings. The van der Waals surface area contributed by atoms with Crippen molar-refractivity contribution in [1.82, 2.24) is 5.32 Å². The van der Waals surface area contributed by atoms with E-state index < -0.39 is 11.8 Å². The zero-order valence-corrected chi connectivity index (χ0v) is 14.9. The van der Waals surface area contributed by atoms with Gasteiger partial charge in [0.05, 0.1) is 7.11 Å². The van der Waals surface area contributed by atoms with Crippen LogP contribution < -0.4 is 15.4 Å². The van der Waals surface area contributed by atoms with Crippen LogP contribution in [0.2, 0.25) is 0 Å². The first kappa shape index (κ1) is 18.5. The molecule has 0 heterocycles. The Morgan fingerprint density at radius 1 is 1.04 bits per heavy atom. The van der Waals surface area contributed by atoms with Crippen LogP contribution in [-0.2, 0) is 22.4 Å². The Balaban J connectivity index is 1.87. The van der Waals surface area contributed by atoms with E-state index in [9.17, 15) is 9.59 Å². The molecule has 0 radical (unpaired) electrons. The topological polar surface area (TPSA) is 67.4 Å². The van der Waals surface area contributed by atoms with Gasteiger partial charge in [0, 0.05) is 12.2 Å². The number of carbonyl (C=O) groups is 2. The standard InChI is InChI=1S/C20H24N2O3/c1-4-16-7-5-6-14(2)18(16)22-20(24)19(23)21-13-12-15-8-10-17(25-3)11-9-15/h5-11H,4,12-13H2,1-3H3,(H,21,23)(H,22,24). The fourth-order valence-corrected chi connectivity index (χ4v) is 2.57. The molecule has 0 saturated heterocycles. The van der Waals surface area contributed by atoms with Crippen LogP contribution >= 0.6 is 0 Å². The minimum absolute atomic E-state index is 0.396. The highest BCUT2D eigenvalue weighted by Crippen LogP contribution is 2.20. The quantitative estimate of drug-likeness (QED) is 0.795. The minimum atomic E-state index is -0.640. The molecule has 0 bridgehead atoms. The number of nitrogens with one attached hydrogen (secondary N) is 2. The first-order valence-electron chi connectivity index (χ1n) is 8.35. The minimum Gasteiger partial charge on any atom is -0.497 e. The summed E-state index contributed by atoms with van der Waals surface area (Å²) in [4.78, 5) is 24.1.